The number of nitrogens with zero attached hydrogens (tertiary/aromatic N) is 1. The van der Waals surface area contributed by atoms with Gasteiger partial charge in [0.2, 0.25) is 0 Å². The molecule has 0 spiro atoms. The topological polar surface area (TPSA) is 59.1 Å². The van der Waals surface area contributed by atoms with Crippen molar-refractivity contribution in [2.45, 2.75) is 4.90 Å². The molecule has 0 atom stereocenters. The Morgan fingerprint density at radius 1 is 1.05 bits per heavy atom. The van der Waals surface area contributed by atoms with Gasteiger partial charge in [-0.05, 0) is 24.3 Å². The minimum Gasteiger partial charge on any atom is -0.278 e. The zero-order valence-corrected chi connectivity index (χ0v) is 12.4. The summed E-state index contributed by atoms with van der Waals surface area (Å²) < 4.78 is 26.5. The van der Waals surface area contributed by atoms with E-state index < -0.39 is 10.0 Å². The van der Waals surface area contributed by atoms with Crippen molar-refractivity contribution in [1.29, 1.82) is 0 Å². The standard InChI is InChI=1S/C11H7Cl3N2O2S/c12-8-2-1-3-9(11(8)14)16-19(17,18)7-4-5-10(13)15-6-7/h1-6,16H. The lowest BCUT2D eigenvalue weighted by atomic mass is 10.3. The van der Waals surface area contributed by atoms with Gasteiger partial charge in [0.05, 0.1) is 15.7 Å². The van der Waals surface area contributed by atoms with Crippen molar-refractivity contribution in [1.82, 2.24) is 4.98 Å². The fourth-order valence-electron chi connectivity index (χ4n) is 1.31. The summed E-state index contributed by atoms with van der Waals surface area (Å²) in [5.74, 6) is 0. The van der Waals surface area contributed by atoms with E-state index in [1.807, 2.05) is 0 Å². The van der Waals surface area contributed by atoms with Crippen molar-refractivity contribution >= 4 is 50.5 Å². The summed E-state index contributed by atoms with van der Waals surface area (Å²) in [6.07, 6.45) is 1.16. The molecule has 8 heteroatoms. The highest BCUT2D eigenvalue weighted by molar-refractivity contribution is 7.92. The molecule has 0 amide bonds. The number of sulfonamides is 1. The van der Waals surface area contributed by atoms with Crippen LogP contribution >= 0.6 is 34.8 Å². The Labute approximate surface area is 125 Å². The molecule has 1 N–H and O–H groups in total. The maximum absolute atomic E-state index is 12.1. The Morgan fingerprint density at radius 2 is 1.79 bits per heavy atom. The molecule has 19 heavy (non-hydrogen) atoms. The number of aromatic nitrogens is 1. The number of hydrogen-bond acceptors (Lipinski definition) is 3. The quantitative estimate of drug-likeness (QED) is 0.866. The molecule has 0 saturated heterocycles. The van der Waals surface area contributed by atoms with E-state index in [0.29, 0.717) is 0 Å². The first-order valence-corrected chi connectivity index (χ1v) is 7.60. The highest BCUT2D eigenvalue weighted by Gasteiger charge is 2.16. The summed E-state index contributed by atoms with van der Waals surface area (Å²) in [6.45, 7) is 0. The van der Waals surface area contributed by atoms with E-state index >= 15 is 0 Å². The summed E-state index contributed by atoms with van der Waals surface area (Å²) in [4.78, 5) is 3.69. The molecule has 1 aromatic carbocycles. The second-order valence-corrected chi connectivity index (χ2v) is 6.38. The molecule has 0 aliphatic heterocycles. The maximum atomic E-state index is 12.1. The van der Waals surface area contributed by atoms with Gasteiger partial charge in [-0.2, -0.15) is 0 Å². The van der Waals surface area contributed by atoms with Gasteiger partial charge in [0, 0.05) is 6.20 Å². The monoisotopic (exact) mass is 336 g/mol. The summed E-state index contributed by atoms with van der Waals surface area (Å²) in [7, 11) is -3.78. The smallest absolute Gasteiger partial charge is 0.263 e. The molecule has 0 saturated carbocycles. The lowest BCUT2D eigenvalue weighted by Crippen LogP contribution is -2.13. The van der Waals surface area contributed by atoms with Gasteiger partial charge >= 0.3 is 0 Å². The van der Waals surface area contributed by atoms with Crippen molar-refractivity contribution in [3.8, 4) is 0 Å². The van der Waals surface area contributed by atoms with Gasteiger partial charge in [-0.25, -0.2) is 13.4 Å². The predicted molar refractivity (Wildman–Crippen MR) is 76.5 cm³/mol. The van der Waals surface area contributed by atoms with E-state index in [2.05, 4.69) is 9.71 Å². The third-order valence-corrected chi connectivity index (χ3v) is 4.60. The molecular weight excluding hydrogens is 331 g/mol. The third kappa shape index (κ3) is 3.30. The van der Waals surface area contributed by atoms with E-state index in [9.17, 15) is 8.42 Å². The minimum atomic E-state index is -3.78. The van der Waals surface area contributed by atoms with Crippen LogP contribution in [0.2, 0.25) is 15.2 Å². The largest absolute Gasteiger partial charge is 0.278 e. The van der Waals surface area contributed by atoms with Crippen LogP contribution in [-0.4, -0.2) is 13.4 Å². The number of benzene rings is 1. The Balaban J connectivity index is 2.36. The first-order chi connectivity index (χ1) is 8.90. The molecule has 0 fully saturated rings. The van der Waals surface area contributed by atoms with Crippen LogP contribution in [0.3, 0.4) is 0 Å². The maximum Gasteiger partial charge on any atom is 0.263 e. The SMILES string of the molecule is O=S(=O)(Nc1cccc(Cl)c1Cl)c1ccc(Cl)nc1. The summed E-state index contributed by atoms with van der Waals surface area (Å²) in [5.41, 5.74) is 0.198. The fourth-order valence-corrected chi connectivity index (χ4v) is 2.84. The molecule has 1 heterocycles. The number of anilines is 1. The Kier molecular flexibility index (Phi) is 4.20. The van der Waals surface area contributed by atoms with E-state index in [0.717, 1.165) is 6.20 Å². The van der Waals surface area contributed by atoms with Crippen LogP contribution < -0.4 is 4.72 Å². The van der Waals surface area contributed by atoms with Crippen LogP contribution in [0.25, 0.3) is 0 Å². The Morgan fingerprint density at radius 3 is 2.42 bits per heavy atom. The molecule has 0 radical (unpaired) electrons. The van der Waals surface area contributed by atoms with Crippen molar-refractivity contribution in [3.05, 3.63) is 51.7 Å². The van der Waals surface area contributed by atoms with Crippen LogP contribution in [0.15, 0.2) is 41.4 Å². The third-order valence-electron chi connectivity index (χ3n) is 2.21. The van der Waals surface area contributed by atoms with Crippen molar-refractivity contribution in [2.75, 3.05) is 4.72 Å². The zero-order chi connectivity index (χ0) is 14.0. The molecule has 2 rings (SSSR count). The minimum absolute atomic E-state index is 0.0204. The van der Waals surface area contributed by atoms with Crippen LogP contribution in [0.5, 0.6) is 0 Å². The van der Waals surface area contributed by atoms with Crippen molar-refractivity contribution in [2.24, 2.45) is 0 Å². The van der Waals surface area contributed by atoms with Crippen LogP contribution in [0.1, 0.15) is 0 Å². The first kappa shape index (κ1) is 14.4. The first-order valence-electron chi connectivity index (χ1n) is 4.98. The molecule has 0 bridgehead atoms. The normalized spacial score (nSPS) is 11.3. The molecule has 0 aliphatic carbocycles. The van der Waals surface area contributed by atoms with Crippen LogP contribution in [0.4, 0.5) is 5.69 Å². The van der Waals surface area contributed by atoms with Gasteiger partial charge in [-0.15, -0.1) is 0 Å². The van der Waals surface area contributed by atoms with E-state index in [1.165, 1.54) is 18.2 Å². The predicted octanol–water partition coefficient (Wildman–Crippen LogP) is 3.84. The molecule has 1 aromatic heterocycles. The van der Waals surface area contributed by atoms with Gasteiger partial charge < -0.3 is 0 Å². The molecule has 0 unspecified atom stereocenters. The molecule has 100 valence electrons. The van der Waals surface area contributed by atoms with Crippen molar-refractivity contribution in [3.63, 3.8) is 0 Å². The van der Waals surface area contributed by atoms with Crippen LogP contribution in [-0.2, 0) is 10.0 Å². The van der Waals surface area contributed by atoms with Gasteiger partial charge in [-0.1, -0.05) is 40.9 Å². The second-order valence-electron chi connectivity index (χ2n) is 3.52. The van der Waals surface area contributed by atoms with E-state index in [4.69, 9.17) is 34.8 Å². The second kappa shape index (κ2) is 5.54. The number of halogens is 3. The lowest BCUT2D eigenvalue weighted by molar-refractivity contribution is 0.601. The van der Waals surface area contributed by atoms with E-state index in [1.54, 1.807) is 12.1 Å². The summed E-state index contributed by atoms with van der Waals surface area (Å²) in [5, 5.41) is 0.602. The molecule has 4 nitrogen and oxygen atoms in total. The van der Waals surface area contributed by atoms with E-state index in [-0.39, 0.29) is 25.8 Å². The average molecular weight is 338 g/mol. The highest BCUT2D eigenvalue weighted by Crippen LogP contribution is 2.31. The van der Waals surface area contributed by atoms with Gasteiger partial charge in [0.25, 0.3) is 10.0 Å². The Hall–Kier alpha value is -1.01. The summed E-state index contributed by atoms with van der Waals surface area (Å²) >= 11 is 17.3. The number of rotatable bonds is 3. The molecule has 0 aliphatic rings. The average Bonchev–Trinajstić information content (AvgIpc) is 2.35. The highest BCUT2D eigenvalue weighted by atomic mass is 35.5. The van der Waals surface area contributed by atoms with Crippen molar-refractivity contribution < 1.29 is 8.42 Å². The number of hydrogen-bond donors (Lipinski definition) is 1. The number of nitrogens with one attached hydrogen (secondary N) is 1. The van der Waals surface area contributed by atoms with Crippen LogP contribution in [0, 0.1) is 0 Å². The zero-order valence-electron chi connectivity index (χ0n) is 9.27. The molecule has 2 aromatic rings. The van der Waals surface area contributed by atoms with Gasteiger partial charge in [0.1, 0.15) is 10.0 Å². The lowest BCUT2D eigenvalue weighted by Gasteiger charge is -2.10. The summed E-state index contributed by atoms with van der Waals surface area (Å²) in [6, 6.07) is 7.39. The van der Waals surface area contributed by atoms with Gasteiger partial charge in [-0.3, -0.25) is 4.72 Å². The van der Waals surface area contributed by atoms with Gasteiger partial charge in [0.15, 0.2) is 0 Å². The Bertz CT molecular complexity index is 702. The number of pyridine rings is 1. The molecular formula is C11H7Cl3N2O2S. The fraction of sp³-hybridized carbons (Fsp3) is 0.